The molecule has 26 heavy (non-hydrogen) atoms. The summed E-state index contributed by atoms with van der Waals surface area (Å²) in [4.78, 5) is 22.5. The number of aromatic nitrogens is 3. The summed E-state index contributed by atoms with van der Waals surface area (Å²) in [5.41, 5.74) is 0.250. The van der Waals surface area contributed by atoms with Crippen molar-refractivity contribution in [1.82, 2.24) is 19.4 Å². The lowest BCUT2D eigenvalue weighted by atomic mass is 9.96. The van der Waals surface area contributed by atoms with E-state index in [-0.39, 0.29) is 0 Å². The third kappa shape index (κ3) is 3.70. The van der Waals surface area contributed by atoms with Crippen LogP contribution in [0.5, 0.6) is 0 Å². The molecule has 140 valence electrons. The van der Waals surface area contributed by atoms with Crippen molar-refractivity contribution in [3.63, 3.8) is 0 Å². The minimum Gasteiger partial charge on any atom is -0.444 e. The zero-order valence-corrected chi connectivity index (χ0v) is 14.5. The van der Waals surface area contributed by atoms with Gasteiger partial charge in [-0.3, -0.25) is 14.3 Å². The van der Waals surface area contributed by atoms with Crippen LogP contribution in [0.2, 0.25) is 0 Å². The fraction of sp³-hybridized carbons (Fsp3) is 0.611. The van der Waals surface area contributed by atoms with Gasteiger partial charge in [0, 0.05) is 19.0 Å². The summed E-state index contributed by atoms with van der Waals surface area (Å²) in [6.07, 6.45) is 3.58. The van der Waals surface area contributed by atoms with E-state index in [9.17, 15) is 13.6 Å². The molecule has 0 unspecified atom stereocenters. The highest BCUT2D eigenvalue weighted by atomic mass is 19.3. The molecule has 0 bridgehead atoms. The second-order valence-electron chi connectivity index (χ2n) is 7.16. The second-order valence-corrected chi connectivity index (χ2v) is 7.16. The molecular weight excluding hydrogens is 342 g/mol. The fourth-order valence-corrected chi connectivity index (χ4v) is 3.80. The zero-order chi connectivity index (χ0) is 18.1. The molecule has 3 heterocycles. The highest BCUT2D eigenvalue weighted by Crippen LogP contribution is 2.25. The first kappa shape index (κ1) is 17.3. The Bertz CT molecular complexity index is 803. The molecule has 0 spiro atoms. The molecule has 0 saturated carbocycles. The molecule has 2 aromatic rings. The van der Waals surface area contributed by atoms with Gasteiger partial charge in [-0.2, -0.15) is 0 Å². The van der Waals surface area contributed by atoms with Crippen LogP contribution in [-0.4, -0.2) is 32.5 Å². The number of hydrogen-bond donors (Lipinski definition) is 0. The van der Waals surface area contributed by atoms with Crippen molar-refractivity contribution >= 4 is 0 Å². The zero-order valence-electron chi connectivity index (χ0n) is 14.5. The van der Waals surface area contributed by atoms with Crippen LogP contribution in [0, 0.1) is 5.92 Å². The highest BCUT2D eigenvalue weighted by Gasteiger charge is 2.24. The molecule has 1 aliphatic heterocycles. The lowest BCUT2D eigenvalue weighted by Crippen LogP contribution is -2.36. The Balaban J connectivity index is 1.30. The van der Waals surface area contributed by atoms with Gasteiger partial charge in [-0.25, -0.2) is 18.7 Å². The van der Waals surface area contributed by atoms with Gasteiger partial charge in [0.15, 0.2) is 0 Å². The Morgan fingerprint density at radius 3 is 2.77 bits per heavy atom. The largest absolute Gasteiger partial charge is 0.444 e. The van der Waals surface area contributed by atoms with Crippen LogP contribution in [0.4, 0.5) is 8.78 Å². The van der Waals surface area contributed by atoms with E-state index in [2.05, 4.69) is 14.9 Å². The normalized spacial score (nSPS) is 18.6. The molecule has 1 aliphatic carbocycles. The topological polar surface area (TPSA) is 64.2 Å². The van der Waals surface area contributed by atoms with E-state index in [1.807, 2.05) is 0 Å². The number of rotatable bonds is 5. The van der Waals surface area contributed by atoms with Gasteiger partial charge in [-0.15, -0.1) is 0 Å². The first-order valence-corrected chi connectivity index (χ1v) is 9.13. The van der Waals surface area contributed by atoms with Crippen molar-refractivity contribution in [3.05, 3.63) is 45.8 Å². The number of hydrogen-bond acceptors (Lipinski definition) is 5. The minimum atomic E-state index is -2.71. The number of piperidine rings is 1. The van der Waals surface area contributed by atoms with Crippen molar-refractivity contribution in [2.45, 2.75) is 51.6 Å². The van der Waals surface area contributed by atoms with E-state index in [0.717, 1.165) is 75.1 Å². The van der Waals surface area contributed by atoms with Crippen molar-refractivity contribution in [1.29, 1.82) is 0 Å². The van der Waals surface area contributed by atoms with Crippen LogP contribution < -0.4 is 5.56 Å². The Hall–Kier alpha value is -2.09. The van der Waals surface area contributed by atoms with Crippen LogP contribution >= 0.6 is 0 Å². The molecule has 0 radical (unpaired) electrons. The van der Waals surface area contributed by atoms with E-state index in [4.69, 9.17) is 4.42 Å². The smallest absolute Gasteiger partial charge is 0.280 e. The molecule has 4 rings (SSSR count). The standard InChI is InChI=1S/C18H22F2N4O2/c19-18(20)14-8-17(25)24(11-21-14)9-12-4-6-23(7-5-12)10-16-22-13-2-1-3-15(13)26-16/h8,11-12,18H,1-7,9-10H2. The molecule has 1 saturated heterocycles. The average molecular weight is 364 g/mol. The number of nitrogens with zero attached hydrogens (tertiary/aromatic N) is 4. The summed E-state index contributed by atoms with van der Waals surface area (Å²) in [6, 6.07) is 0.932. The number of likely N-dealkylation sites (tertiary alicyclic amines) is 1. The summed E-state index contributed by atoms with van der Waals surface area (Å²) in [7, 11) is 0. The van der Waals surface area contributed by atoms with Gasteiger partial charge in [0.25, 0.3) is 12.0 Å². The molecular formula is C18H22F2N4O2. The number of fused-ring (bicyclic) bond motifs is 1. The van der Waals surface area contributed by atoms with Gasteiger partial charge in [0.05, 0.1) is 18.6 Å². The van der Waals surface area contributed by atoms with Gasteiger partial charge in [0.1, 0.15) is 11.5 Å². The van der Waals surface area contributed by atoms with Gasteiger partial charge in [0.2, 0.25) is 5.89 Å². The molecule has 6 nitrogen and oxygen atoms in total. The summed E-state index contributed by atoms with van der Waals surface area (Å²) >= 11 is 0. The van der Waals surface area contributed by atoms with Crippen LogP contribution in [-0.2, 0) is 25.9 Å². The van der Waals surface area contributed by atoms with Gasteiger partial charge >= 0.3 is 0 Å². The molecule has 0 amide bonds. The number of halogens is 2. The van der Waals surface area contributed by atoms with Gasteiger partial charge in [-0.05, 0) is 44.7 Å². The Kier molecular flexibility index (Phi) is 4.84. The summed E-state index contributed by atoms with van der Waals surface area (Å²) in [5.74, 6) is 2.20. The second kappa shape index (κ2) is 7.26. The third-order valence-corrected chi connectivity index (χ3v) is 5.29. The van der Waals surface area contributed by atoms with E-state index in [0.29, 0.717) is 12.5 Å². The van der Waals surface area contributed by atoms with Gasteiger partial charge < -0.3 is 4.42 Å². The van der Waals surface area contributed by atoms with E-state index in [1.165, 1.54) is 10.9 Å². The maximum absolute atomic E-state index is 12.6. The summed E-state index contributed by atoms with van der Waals surface area (Å²) in [5, 5.41) is 0. The van der Waals surface area contributed by atoms with E-state index >= 15 is 0 Å². The molecule has 2 aliphatic rings. The average Bonchev–Trinajstić information content (AvgIpc) is 3.19. The number of aryl methyl sites for hydroxylation is 2. The Morgan fingerprint density at radius 2 is 2.08 bits per heavy atom. The van der Waals surface area contributed by atoms with Crippen molar-refractivity contribution in [2.75, 3.05) is 13.1 Å². The summed E-state index contributed by atoms with van der Waals surface area (Å²) in [6.45, 7) is 3.07. The van der Waals surface area contributed by atoms with E-state index in [1.54, 1.807) is 0 Å². The van der Waals surface area contributed by atoms with Crippen LogP contribution in [0.15, 0.2) is 21.6 Å². The van der Waals surface area contributed by atoms with E-state index < -0.39 is 17.7 Å². The third-order valence-electron chi connectivity index (χ3n) is 5.29. The summed E-state index contributed by atoms with van der Waals surface area (Å²) < 4.78 is 32.4. The highest BCUT2D eigenvalue weighted by molar-refractivity contribution is 5.15. The number of alkyl halides is 2. The first-order chi connectivity index (χ1) is 12.6. The van der Waals surface area contributed by atoms with Crippen LogP contribution in [0.1, 0.15) is 48.7 Å². The maximum atomic E-state index is 12.6. The molecule has 8 heteroatoms. The lowest BCUT2D eigenvalue weighted by Gasteiger charge is -2.31. The number of oxazole rings is 1. The fourth-order valence-electron chi connectivity index (χ4n) is 3.80. The molecule has 0 aromatic carbocycles. The SMILES string of the molecule is O=c1cc(C(F)F)ncn1CC1CCN(Cc2nc3c(o2)CCC3)CC1. The van der Waals surface area contributed by atoms with Crippen LogP contribution in [0.3, 0.4) is 0 Å². The monoisotopic (exact) mass is 364 g/mol. The molecule has 2 aromatic heterocycles. The van der Waals surface area contributed by atoms with Crippen molar-refractivity contribution in [2.24, 2.45) is 5.92 Å². The minimum absolute atomic E-state index is 0.345. The van der Waals surface area contributed by atoms with Gasteiger partial charge in [-0.1, -0.05) is 0 Å². The molecule has 0 N–H and O–H groups in total. The Morgan fingerprint density at radius 1 is 1.27 bits per heavy atom. The molecule has 1 fully saturated rings. The van der Waals surface area contributed by atoms with Crippen molar-refractivity contribution < 1.29 is 13.2 Å². The predicted octanol–water partition coefficient (Wildman–Crippen LogP) is 2.57. The predicted molar refractivity (Wildman–Crippen MR) is 90.0 cm³/mol. The maximum Gasteiger partial charge on any atom is 0.280 e. The quantitative estimate of drug-likeness (QED) is 0.816. The lowest BCUT2D eigenvalue weighted by molar-refractivity contribution is 0.144. The van der Waals surface area contributed by atoms with Crippen molar-refractivity contribution in [3.8, 4) is 0 Å². The molecule has 0 atom stereocenters. The van der Waals surface area contributed by atoms with Crippen LogP contribution in [0.25, 0.3) is 0 Å². The first-order valence-electron chi connectivity index (χ1n) is 9.13. The Labute approximate surface area is 149 Å².